The van der Waals surface area contributed by atoms with Crippen LogP contribution in [0.2, 0.25) is 0 Å². The molecule has 9 heavy (non-hydrogen) atoms. The quantitative estimate of drug-likeness (QED) is 0.577. The molecule has 0 aromatic heterocycles. The number of halogens is 2. The fourth-order valence-corrected chi connectivity index (χ4v) is 0.488. The van der Waals surface area contributed by atoms with Gasteiger partial charge in [0.2, 0.25) is 0 Å². The average Bonchev–Trinajstić information content (AvgIpc) is 1.63. The Kier molecular flexibility index (Phi) is 4.22. The molecule has 0 amide bonds. The molecule has 0 aromatic rings. The molecule has 0 aromatic carbocycles. The first kappa shape index (κ1) is 8.56. The van der Waals surface area contributed by atoms with Gasteiger partial charge in [-0.15, -0.1) is 0 Å². The summed E-state index contributed by atoms with van der Waals surface area (Å²) in [6.07, 6.45) is -1.38. The van der Waals surface area contributed by atoms with Gasteiger partial charge in [-0.1, -0.05) is 0 Å². The Morgan fingerprint density at radius 2 is 2.22 bits per heavy atom. The Morgan fingerprint density at radius 3 is 2.56 bits per heavy atom. The molecular formula is C6H10F2O. The molecular weight excluding hydrogens is 126 g/mol. The van der Waals surface area contributed by atoms with E-state index in [2.05, 4.69) is 0 Å². The topological polar surface area (TPSA) is 9.23 Å². The van der Waals surface area contributed by atoms with Crippen molar-refractivity contribution >= 4 is 0 Å². The van der Waals surface area contributed by atoms with Crippen LogP contribution in [-0.2, 0) is 4.74 Å². The highest BCUT2D eigenvalue weighted by atomic mass is 19.3. The minimum absolute atomic E-state index is 0.463. The molecule has 0 heterocycles. The minimum Gasteiger partial charge on any atom is -0.375 e. The summed E-state index contributed by atoms with van der Waals surface area (Å²) in [7, 11) is 0. The maximum absolute atomic E-state index is 11.4. The highest BCUT2D eigenvalue weighted by molar-refractivity contribution is 4.86. The molecule has 1 nitrogen and oxygen atoms in total. The fraction of sp³-hybridized carbons (Fsp3) is 0.667. The standard InChI is InChI=1S/C6H10F2O/c1-3-9-5(2)4-6(7)8/h4-5H,3H2,1-2H3. The summed E-state index contributed by atoms with van der Waals surface area (Å²) in [6, 6.07) is 0. The minimum atomic E-state index is -1.68. The Balaban J connectivity index is 3.49. The first-order valence-electron chi connectivity index (χ1n) is 2.81. The molecule has 0 fully saturated rings. The van der Waals surface area contributed by atoms with Crippen LogP contribution in [-0.4, -0.2) is 12.7 Å². The van der Waals surface area contributed by atoms with Gasteiger partial charge in [-0.2, -0.15) is 8.78 Å². The highest BCUT2D eigenvalue weighted by Gasteiger charge is 1.97. The Bertz CT molecular complexity index is 97.2. The van der Waals surface area contributed by atoms with E-state index >= 15 is 0 Å². The predicted octanol–water partition coefficient (Wildman–Crippen LogP) is 2.19. The molecule has 0 bridgehead atoms. The van der Waals surface area contributed by atoms with E-state index in [4.69, 9.17) is 4.74 Å². The van der Waals surface area contributed by atoms with Crippen LogP contribution >= 0.6 is 0 Å². The third-order valence-electron chi connectivity index (χ3n) is 0.790. The molecule has 0 N–H and O–H groups in total. The van der Waals surface area contributed by atoms with Gasteiger partial charge in [0.25, 0.3) is 6.08 Å². The first-order valence-corrected chi connectivity index (χ1v) is 2.81. The molecule has 1 atom stereocenters. The van der Waals surface area contributed by atoms with Crippen molar-refractivity contribution < 1.29 is 13.5 Å². The zero-order chi connectivity index (χ0) is 7.28. The summed E-state index contributed by atoms with van der Waals surface area (Å²) in [6.45, 7) is 3.80. The number of ether oxygens (including phenoxy) is 1. The molecule has 0 saturated carbocycles. The molecule has 0 radical (unpaired) electrons. The second kappa shape index (κ2) is 4.44. The van der Waals surface area contributed by atoms with Crippen LogP contribution in [0.1, 0.15) is 13.8 Å². The van der Waals surface area contributed by atoms with Gasteiger partial charge in [0.15, 0.2) is 0 Å². The van der Waals surface area contributed by atoms with Crippen molar-refractivity contribution in [3.05, 3.63) is 12.2 Å². The molecule has 0 aliphatic carbocycles. The molecule has 54 valence electrons. The van der Waals surface area contributed by atoms with Gasteiger partial charge >= 0.3 is 0 Å². The summed E-state index contributed by atoms with van der Waals surface area (Å²) in [4.78, 5) is 0. The Labute approximate surface area is 53.3 Å². The third kappa shape index (κ3) is 5.43. The Hall–Kier alpha value is -0.440. The van der Waals surface area contributed by atoms with E-state index in [1.165, 1.54) is 0 Å². The van der Waals surface area contributed by atoms with E-state index in [1.807, 2.05) is 0 Å². The molecule has 0 rings (SSSR count). The molecule has 3 heteroatoms. The summed E-state index contributed by atoms with van der Waals surface area (Å²) < 4.78 is 27.6. The van der Waals surface area contributed by atoms with Crippen molar-refractivity contribution in [1.82, 2.24) is 0 Å². The highest BCUT2D eigenvalue weighted by Crippen LogP contribution is 2.01. The largest absolute Gasteiger partial charge is 0.375 e. The van der Waals surface area contributed by atoms with Crippen molar-refractivity contribution in [2.24, 2.45) is 0 Å². The van der Waals surface area contributed by atoms with Crippen LogP contribution in [0.15, 0.2) is 12.2 Å². The first-order chi connectivity index (χ1) is 4.16. The second-order valence-electron chi connectivity index (χ2n) is 1.62. The Morgan fingerprint density at radius 1 is 1.67 bits per heavy atom. The zero-order valence-corrected chi connectivity index (χ0v) is 5.53. The van der Waals surface area contributed by atoms with Crippen molar-refractivity contribution in [1.29, 1.82) is 0 Å². The van der Waals surface area contributed by atoms with Gasteiger partial charge in [-0.05, 0) is 13.8 Å². The average molecular weight is 136 g/mol. The molecule has 0 aliphatic heterocycles. The van der Waals surface area contributed by atoms with Gasteiger partial charge < -0.3 is 4.74 Å². The summed E-state index contributed by atoms with van der Waals surface area (Å²) >= 11 is 0. The van der Waals surface area contributed by atoms with E-state index in [0.29, 0.717) is 6.61 Å². The van der Waals surface area contributed by atoms with E-state index < -0.39 is 12.2 Å². The van der Waals surface area contributed by atoms with E-state index in [1.54, 1.807) is 13.8 Å². The van der Waals surface area contributed by atoms with Gasteiger partial charge in [0.05, 0.1) is 6.10 Å². The lowest BCUT2D eigenvalue weighted by molar-refractivity contribution is 0.106. The van der Waals surface area contributed by atoms with Crippen molar-refractivity contribution in [2.45, 2.75) is 20.0 Å². The fourth-order valence-electron chi connectivity index (χ4n) is 0.488. The van der Waals surface area contributed by atoms with Crippen LogP contribution < -0.4 is 0 Å². The maximum atomic E-state index is 11.4. The summed E-state index contributed by atoms with van der Waals surface area (Å²) in [5, 5.41) is 0. The van der Waals surface area contributed by atoms with E-state index in [0.717, 1.165) is 6.08 Å². The molecule has 0 saturated heterocycles. The summed E-state index contributed by atoms with van der Waals surface area (Å²) in [5.41, 5.74) is 0. The smallest absolute Gasteiger partial charge is 0.268 e. The SMILES string of the molecule is CCOC(C)C=C(F)F. The molecule has 1 unspecified atom stereocenters. The van der Waals surface area contributed by atoms with Crippen molar-refractivity contribution in [3.8, 4) is 0 Å². The predicted molar refractivity (Wildman–Crippen MR) is 31.4 cm³/mol. The van der Waals surface area contributed by atoms with Crippen molar-refractivity contribution in [3.63, 3.8) is 0 Å². The lowest BCUT2D eigenvalue weighted by atomic mass is 10.4. The van der Waals surface area contributed by atoms with Crippen LogP contribution in [0.4, 0.5) is 8.78 Å². The van der Waals surface area contributed by atoms with Crippen molar-refractivity contribution in [2.75, 3.05) is 6.61 Å². The van der Waals surface area contributed by atoms with Crippen LogP contribution in [0.5, 0.6) is 0 Å². The van der Waals surface area contributed by atoms with Gasteiger partial charge in [-0.3, -0.25) is 0 Å². The van der Waals surface area contributed by atoms with Crippen LogP contribution in [0.3, 0.4) is 0 Å². The monoisotopic (exact) mass is 136 g/mol. The number of hydrogen-bond acceptors (Lipinski definition) is 1. The molecule has 0 aliphatic rings. The zero-order valence-electron chi connectivity index (χ0n) is 5.53. The number of rotatable bonds is 3. The normalized spacial score (nSPS) is 12.9. The maximum Gasteiger partial charge on any atom is 0.268 e. The van der Waals surface area contributed by atoms with Gasteiger partial charge in [0.1, 0.15) is 0 Å². The lowest BCUT2D eigenvalue weighted by Crippen LogP contribution is -2.03. The van der Waals surface area contributed by atoms with E-state index in [9.17, 15) is 8.78 Å². The van der Waals surface area contributed by atoms with Crippen LogP contribution in [0.25, 0.3) is 0 Å². The van der Waals surface area contributed by atoms with Gasteiger partial charge in [-0.25, -0.2) is 0 Å². The third-order valence-corrected chi connectivity index (χ3v) is 0.790. The van der Waals surface area contributed by atoms with Crippen LogP contribution in [0, 0.1) is 0 Å². The molecule has 0 spiro atoms. The van der Waals surface area contributed by atoms with Gasteiger partial charge in [0, 0.05) is 12.7 Å². The second-order valence-corrected chi connectivity index (χ2v) is 1.62. The number of hydrogen-bond donors (Lipinski definition) is 0. The lowest BCUT2D eigenvalue weighted by Gasteiger charge is -2.03. The summed E-state index contributed by atoms with van der Waals surface area (Å²) in [5.74, 6) is 0. The van der Waals surface area contributed by atoms with E-state index in [-0.39, 0.29) is 0 Å².